The molecule has 0 aliphatic heterocycles. The molecule has 0 bridgehead atoms. The van der Waals surface area contributed by atoms with Gasteiger partial charge in [0.25, 0.3) is 5.91 Å². The van der Waals surface area contributed by atoms with Crippen molar-refractivity contribution >= 4 is 5.91 Å². The molecule has 0 saturated carbocycles. The van der Waals surface area contributed by atoms with Crippen molar-refractivity contribution in [2.45, 2.75) is 20.4 Å². The second kappa shape index (κ2) is 6.71. The van der Waals surface area contributed by atoms with Gasteiger partial charge in [-0.15, -0.1) is 0 Å². The summed E-state index contributed by atoms with van der Waals surface area (Å²) in [6.07, 6.45) is 0. The molecule has 1 heterocycles. The molecule has 122 valence electrons. The first-order valence-corrected chi connectivity index (χ1v) is 7.99. The Morgan fingerprint density at radius 2 is 1.75 bits per heavy atom. The number of carbonyl (C=O) groups excluding carboxylic acids is 1. The van der Waals surface area contributed by atoms with Crippen LogP contribution >= 0.6 is 0 Å². The van der Waals surface area contributed by atoms with Crippen LogP contribution in [0.3, 0.4) is 0 Å². The van der Waals surface area contributed by atoms with Gasteiger partial charge in [-0.3, -0.25) is 9.48 Å². The predicted octanol–water partition coefficient (Wildman–Crippen LogP) is 3.63. The minimum Gasteiger partial charge on any atom is -0.348 e. The van der Waals surface area contributed by atoms with E-state index in [2.05, 4.69) is 34.7 Å². The quantitative estimate of drug-likeness (QED) is 0.798. The van der Waals surface area contributed by atoms with Crippen molar-refractivity contribution in [2.75, 3.05) is 0 Å². The van der Waals surface area contributed by atoms with Crippen LogP contribution in [-0.4, -0.2) is 15.7 Å². The molecule has 3 aromatic rings. The number of amides is 1. The first kappa shape index (κ1) is 16.0. The first-order valence-electron chi connectivity index (χ1n) is 7.99. The number of aryl methyl sites for hydroxylation is 2. The largest absolute Gasteiger partial charge is 0.348 e. The SMILES string of the molecule is Cc1nn(C)c(C)c1C(=O)NCc1cccc(-c2ccccc2)c1. The predicted molar refractivity (Wildman–Crippen MR) is 95.7 cm³/mol. The number of hydrogen-bond donors (Lipinski definition) is 1. The molecule has 3 rings (SSSR count). The lowest BCUT2D eigenvalue weighted by Crippen LogP contribution is -2.24. The van der Waals surface area contributed by atoms with Crippen molar-refractivity contribution in [3.05, 3.63) is 77.1 Å². The van der Waals surface area contributed by atoms with Crippen molar-refractivity contribution in [3.8, 4) is 11.1 Å². The van der Waals surface area contributed by atoms with E-state index in [1.54, 1.807) is 4.68 Å². The third-order valence-electron chi connectivity index (χ3n) is 4.22. The van der Waals surface area contributed by atoms with Crippen LogP contribution in [-0.2, 0) is 13.6 Å². The van der Waals surface area contributed by atoms with Crippen LogP contribution in [0.2, 0.25) is 0 Å². The molecule has 1 N–H and O–H groups in total. The summed E-state index contributed by atoms with van der Waals surface area (Å²) >= 11 is 0. The van der Waals surface area contributed by atoms with E-state index in [0.717, 1.165) is 22.5 Å². The summed E-state index contributed by atoms with van der Waals surface area (Å²) in [5.74, 6) is -0.0804. The lowest BCUT2D eigenvalue weighted by atomic mass is 10.0. The Balaban J connectivity index is 1.74. The molecule has 0 atom stereocenters. The zero-order valence-electron chi connectivity index (χ0n) is 14.2. The summed E-state index contributed by atoms with van der Waals surface area (Å²) < 4.78 is 1.74. The van der Waals surface area contributed by atoms with Gasteiger partial charge >= 0.3 is 0 Å². The van der Waals surface area contributed by atoms with E-state index in [1.807, 2.05) is 51.2 Å². The van der Waals surface area contributed by atoms with E-state index in [0.29, 0.717) is 12.1 Å². The molecule has 4 heteroatoms. The molecule has 0 spiro atoms. The van der Waals surface area contributed by atoms with Gasteiger partial charge < -0.3 is 5.32 Å². The molecule has 2 aromatic carbocycles. The highest BCUT2D eigenvalue weighted by molar-refractivity contribution is 5.96. The fourth-order valence-corrected chi connectivity index (χ4v) is 2.86. The molecular weight excluding hydrogens is 298 g/mol. The molecule has 0 radical (unpaired) electrons. The van der Waals surface area contributed by atoms with Crippen LogP contribution < -0.4 is 5.32 Å². The standard InChI is InChI=1S/C20H21N3O/c1-14-19(15(2)23(3)22-14)20(24)21-13-16-8-7-11-18(12-16)17-9-5-4-6-10-17/h4-12H,13H2,1-3H3,(H,21,24). The molecule has 0 unspecified atom stereocenters. The van der Waals surface area contributed by atoms with Gasteiger partial charge in [-0.1, -0.05) is 48.5 Å². The molecule has 4 nitrogen and oxygen atoms in total. The van der Waals surface area contributed by atoms with Crippen LogP contribution in [0, 0.1) is 13.8 Å². The summed E-state index contributed by atoms with van der Waals surface area (Å²) in [5.41, 5.74) is 5.69. The number of benzene rings is 2. The summed E-state index contributed by atoms with van der Waals surface area (Å²) in [4.78, 5) is 12.5. The van der Waals surface area contributed by atoms with Gasteiger partial charge in [0.1, 0.15) is 0 Å². The number of hydrogen-bond acceptors (Lipinski definition) is 2. The molecule has 1 aromatic heterocycles. The second-order valence-electron chi connectivity index (χ2n) is 5.92. The Bertz CT molecular complexity index is 866. The highest BCUT2D eigenvalue weighted by Gasteiger charge is 2.16. The van der Waals surface area contributed by atoms with Gasteiger partial charge in [-0.05, 0) is 36.6 Å². The van der Waals surface area contributed by atoms with E-state index in [1.165, 1.54) is 5.56 Å². The lowest BCUT2D eigenvalue weighted by molar-refractivity contribution is 0.0949. The molecule has 1 amide bonds. The van der Waals surface area contributed by atoms with E-state index in [9.17, 15) is 4.79 Å². The van der Waals surface area contributed by atoms with Crippen LogP contribution in [0.1, 0.15) is 27.3 Å². The smallest absolute Gasteiger partial charge is 0.255 e. The third-order valence-corrected chi connectivity index (χ3v) is 4.22. The first-order chi connectivity index (χ1) is 11.6. The van der Waals surface area contributed by atoms with Gasteiger partial charge in [0.15, 0.2) is 0 Å². The molecule has 24 heavy (non-hydrogen) atoms. The minimum atomic E-state index is -0.0804. The van der Waals surface area contributed by atoms with E-state index in [-0.39, 0.29) is 5.91 Å². The maximum absolute atomic E-state index is 12.5. The van der Waals surface area contributed by atoms with Crippen LogP contribution in [0.5, 0.6) is 0 Å². The van der Waals surface area contributed by atoms with E-state index >= 15 is 0 Å². The number of aromatic nitrogens is 2. The summed E-state index contributed by atoms with van der Waals surface area (Å²) in [6.45, 7) is 4.26. The number of rotatable bonds is 4. The molecule has 0 aliphatic carbocycles. The Morgan fingerprint density at radius 3 is 2.42 bits per heavy atom. The molecule has 0 fully saturated rings. The van der Waals surface area contributed by atoms with E-state index in [4.69, 9.17) is 0 Å². The molecular formula is C20H21N3O. The zero-order chi connectivity index (χ0) is 17.1. The maximum Gasteiger partial charge on any atom is 0.255 e. The molecule has 0 saturated heterocycles. The summed E-state index contributed by atoms with van der Waals surface area (Å²) in [6, 6.07) is 18.5. The van der Waals surface area contributed by atoms with Crippen molar-refractivity contribution in [1.82, 2.24) is 15.1 Å². The Hall–Kier alpha value is -2.88. The minimum absolute atomic E-state index is 0.0804. The van der Waals surface area contributed by atoms with Gasteiger partial charge in [0.05, 0.1) is 11.3 Å². The fourth-order valence-electron chi connectivity index (χ4n) is 2.86. The van der Waals surface area contributed by atoms with Crippen molar-refractivity contribution in [2.24, 2.45) is 7.05 Å². The van der Waals surface area contributed by atoms with Crippen LogP contribution in [0.15, 0.2) is 54.6 Å². The zero-order valence-corrected chi connectivity index (χ0v) is 14.2. The number of carbonyl (C=O) groups is 1. The van der Waals surface area contributed by atoms with Crippen LogP contribution in [0.25, 0.3) is 11.1 Å². The highest BCUT2D eigenvalue weighted by atomic mass is 16.1. The highest BCUT2D eigenvalue weighted by Crippen LogP contribution is 2.20. The monoisotopic (exact) mass is 319 g/mol. The number of nitrogens with one attached hydrogen (secondary N) is 1. The van der Waals surface area contributed by atoms with Crippen molar-refractivity contribution in [3.63, 3.8) is 0 Å². The van der Waals surface area contributed by atoms with Gasteiger partial charge in [0.2, 0.25) is 0 Å². The maximum atomic E-state index is 12.5. The Labute approximate surface area is 142 Å². The van der Waals surface area contributed by atoms with Crippen LogP contribution in [0.4, 0.5) is 0 Å². The Kier molecular flexibility index (Phi) is 4.47. The van der Waals surface area contributed by atoms with Gasteiger partial charge in [-0.2, -0.15) is 5.10 Å². The van der Waals surface area contributed by atoms with E-state index < -0.39 is 0 Å². The topological polar surface area (TPSA) is 46.9 Å². The average molecular weight is 319 g/mol. The average Bonchev–Trinajstić information content (AvgIpc) is 2.86. The summed E-state index contributed by atoms with van der Waals surface area (Å²) in [7, 11) is 1.85. The van der Waals surface area contributed by atoms with Gasteiger partial charge in [-0.25, -0.2) is 0 Å². The Morgan fingerprint density at radius 1 is 1.04 bits per heavy atom. The van der Waals surface area contributed by atoms with Gasteiger partial charge in [0, 0.05) is 19.3 Å². The lowest BCUT2D eigenvalue weighted by Gasteiger charge is -2.08. The third kappa shape index (κ3) is 3.23. The second-order valence-corrected chi connectivity index (χ2v) is 5.92. The normalized spacial score (nSPS) is 10.6. The summed E-state index contributed by atoms with van der Waals surface area (Å²) in [5, 5.41) is 7.29. The fraction of sp³-hybridized carbons (Fsp3) is 0.200. The van der Waals surface area contributed by atoms with Crippen molar-refractivity contribution < 1.29 is 4.79 Å². The molecule has 0 aliphatic rings. The number of nitrogens with zero attached hydrogens (tertiary/aromatic N) is 2. The van der Waals surface area contributed by atoms with Crippen molar-refractivity contribution in [1.29, 1.82) is 0 Å².